The molecule has 4 nitrogen and oxygen atoms in total. The van der Waals surface area contributed by atoms with E-state index in [1.165, 1.54) is 36.7 Å². The van der Waals surface area contributed by atoms with Crippen LogP contribution in [0.4, 0.5) is 9.52 Å². The number of thiazole rings is 1. The molecule has 1 N–H and O–H groups in total. The molecule has 0 unspecified atom stereocenters. The van der Waals surface area contributed by atoms with Crippen molar-refractivity contribution in [1.29, 1.82) is 0 Å². The van der Waals surface area contributed by atoms with Gasteiger partial charge in [-0.15, -0.1) is 11.3 Å². The van der Waals surface area contributed by atoms with Crippen LogP contribution in [0.5, 0.6) is 0 Å². The molecule has 1 saturated heterocycles. The van der Waals surface area contributed by atoms with E-state index in [4.69, 9.17) is 0 Å². The highest BCUT2D eigenvalue weighted by atomic mass is 32.1. The van der Waals surface area contributed by atoms with Gasteiger partial charge < -0.3 is 0 Å². The van der Waals surface area contributed by atoms with Crippen LogP contribution in [-0.4, -0.2) is 29.2 Å². The van der Waals surface area contributed by atoms with E-state index in [0.717, 1.165) is 35.0 Å². The Morgan fingerprint density at radius 3 is 2.87 bits per heavy atom. The van der Waals surface area contributed by atoms with Crippen molar-refractivity contribution in [2.45, 2.75) is 32.7 Å². The van der Waals surface area contributed by atoms with Gasteiger partial charge in [-0.1, -0.05) is 18.6 Å². The molecule has 1 aliphatic rings. The number of hydrogen-bond donors (Lipinski definition) is 1. The quantitative estimate of drug-likeness (QED) is 0.664. The second-order valence-corrected chi connectivity index (χ2v) is 6.71. The Morgan fingerprint density at radius 1 is 1.35 bits per heavy atom. The monoisotopic (exact) mass is 332 g/mol. The van der Waals surface area contributed by atoms with Gasteiger partial charge in [0.05, 0.1) is 11.9 Å². The SMILES string of the molecule is Cc1csc(NN=Cc2ccc(CN3CCCCC3)c(F)c2)n1. The summed E-state index contributed by atoms with van der Waals surface area (Å²) < 4.78 is 14.2. The highest BCUT2D eigenvalue weighted by Gasteiger charge is 2.12. The summed E-state index contributed by atoms with van der Waals surface area (Å²) >= 11 is 1.49. The van der Waals surface area contributed by atoms with Crippen LogP contribution >= 0.6 is 11.3 Å². The molecule has 2 aromatic rings. The number of anilines is 1. The van der Waals surface area contributed by atoms with Crippen LogP contribution in [0.15, 0.2) is 28.7 Å². The molecule has 0 aliphatic carbocycles. The minimum atomic E-state index is -0.162. The summed E-state index contributed by atoms with van der Waals surface area (Å²) in [5.41, 5.74) is 5.32. The molecule has 122 valence electrons. The van der Waals surface area contributed by atoms with Crippen molar-refractivity contribution in [1.82, 2.24) is 9.88 Å². The Balaban J connectivity index is 1.59. The van der Waals surface area contributed by atoms with E-state index in [1.807, 2.05) is 24.4 Å². The number of rotatable bonds is 5. The number of benzene rings is 1. The first-order valence-electron chi connectivity index (χ1n) is 7.93. The zero-order valence-electron chi connectivity index (χ0n) is 13.3. The smallest absolute Gasteiger partial charge is 0.203 e. The first-order valence-corrected chi connectivity index (χ1v) is 8.81. The van der Waals surface area contributed by atoms with E-state index < -0.39 is 0 Å². The number of piperidine rings is 1. The molecule has 23 heavy (non-hydrogen) atoms. The van der Waals surface area contributed by atoms with Gasteiger partial charge in [-0.05, 0) is 44.5 Å². The molecule has 1 aliphatic heterocycles. The van der Waals surface area contributed by atoms with Gasteiger partial charge in [0.1, 0.15) is 5.82 Å². The Labute approximate surface area is 140 Å². The highest BCUT2D eigenvalue weighted by molar-refractivity contribution is 7.13. The maximum Gasteiger partial charge on any atom is 0.203 e. The predicted octanol–water partition coefficient (Wildman–Crippen LogP) is 4.02. The summed E-state index contributed by atoms with van der Waals surface area (Å²) in [6.45, 7) is 4.77. The average molecular weight is 332 g/mol. The lowest BCUT2D eigenvalue weighted by Crippen LogP contribution is -2.29. The molecule has 1 aromatic heterocycles. The van der Waals surface area contributed by atoms with Gasteiger partial charge in [0.2, 0.25) is 5.13 Å². The summed E-state index contributed by atoms with van der Waals surface area (Å²) in [6, 6.07) is 5.30. The molecule has 0 bridgehead atoms. The molecule has 0 amide bonds. The molecule has 0 spiro atoms. The van der Waals surface area contributed by atoms with Crippen molar-refractivity contribution < 1.29 is 4.39 Å². The average Bonchev–Trinajstić information content (AvgIpc) is 2.96. The van der Waals surface area contributed by atoms with Crippen LogP contribution < -0.4 is 5.43 Å². The van der Waals surface area contributed by atoms with E-state index in [1.54, 1.807) is 6.21 Å². The Morgan fingerprint density at radius 2 is 2.17 bits per heavy atom. The summed E-state index contributed by atoms with van der Waals surface area (Å²) in [7, 11) is 0. The number of likely N-dealkylation sites (tertiary alicyclic amines) is 1. The first-order chi connectivity index (χ1) is 11.2. The van der Waals surface area contributed by atoms with E-state index in [2.05, 4.69) is 20.4 Å². The number of aryl methyl sites for hydroxylation is 1. The normalized spacial score (nSPS) is 16.1. The number of nitrogens with one attached hydrogen (secondary N) is 1. The van der Waals surface area contributed by atoms with Gasteiger partial charge in [0.25, 0.3) is 0 Å². The summed E-state index contributed by atoms with van der Waals surface area (Å²) in [6.07, 6.45) is 5.34. The number of hydrazone groups is 1. The van der Waals surface area contributed by atoms with Gasteiger partial charge in [-0.25, -0.2) is 9.37 Å². The topological polar surface area (TPSA) is 40.5 Å². The van der Waals surface area contributed by atoms with Gasteiger partial charge in [-0.3, -0.25) is 10.3 Å². The third-order valence-electron chi connectivity index (χ3n) is 3.91. The Hall–Kier alpha value is -1.79. The summed E-state index contributed by atoms with van der Waals surface area (Å²) in [5.74, 6) is -0.162. The Bertz CT molecular complexity index is 677. The lowest BCUT2D eigenvalue weighted by molar-refractivity contribution is 0.218. The van der Waals surface area contributed by atoms with Crippen molar-refractivity contribution in [3.05, 3.63) is 46.2 Å². The number of nitrogens with zero attached hydrogens (tertiary/aromatic N) is 3. The highest BCUT2D eigenvalue weighted by Crippen LogP contribution is 2.17. The molecule has 2 heterocycles. The van der Waals surface area contributed by atoms with Crippen molar-refractivity contribution >= 4 is 22.7 Å². The second kappa shape index (κ2) is 7.66. The zero-order valence-corrected chi connectivity index (χ0v) is 14.1. The molecule has 1 fully saturated rings. The lowest BCUT2D eigenvalue weighted by Gasteiger charge is -2.26. The number of halogens is 1. The third kappa shape index (κ3) is 4.59. The maximum atomic E-state index is 14.2. The largest absolute Gasteiger partial charge is 0.299 e. The van der Waals surface area contributed by atoms with E-state index in [0.29, 0.717) is 6.54 Å². The Kier molecular flexibility index (Phi) is 5.35. The lowest BCUT2D eigenvalue weighted by atomic mass is 10.1. The third-order valence-corrected chi connectivity index (χ3v) is 4.78. The molecule has 0 radical (unpaired) electrons. The molecule has 0 saturated carbocycles. The molecular formula is C17H21FN4S. The van der Waals surface area contributed by atoms with Crippen LogP contribution in [0.25, 0.3) is 0 Å². The summed E-state index contributed by atoms with van der Waals surface area (Å²) in [4.78, 5) is 6.57. The van der Waals surface area contributed by atoms with Crippen molar-refractivity contribution in [3.63, 3.8) is 0 Å². The fourth-order valence-corrected chi connectivity index (χ4v) is 3.33. The molecule has 1 aromatic carbocycles. The maximum absolute atomic E-state index is 14.2. The van der Waals surface area contributed by atoms with E-state index >= 15 is 0 Å². The van der Waals surface area contributed by atoms with Crippen LogP contribution in [0.3, 0.4) is 0 Å². The van der Waals surface area contributed by atoms with Gasteiger partial charge in [0.15, 0.2) is 0 Å². The van der Waals surface area contributed by atoms with Crippen LogP contribution in [0.2, 0.25) is 0 Å². The minimum absolute atomic E-state index is 0.162. The molecule has 6 heteroatoms. The van der Waals surface area contributed by atoms with E-state index in [-0.39, 0.29) is 5.82 Å². The fraction of sp³-hybridized carbons (Fsp3) is 0.412. The van der Waals surface area contributed by atoms with Gasteiger partial charge in [0, 0.05) is 17.5 Å². The predicted molar refractivity (Wildman–Crippen MR) is 93.6 cm³/mol. The molecule has 3 rings (SSSR count). The van der Waals surface area contributed by atoms with E-state index in [9.17, 15) is 4.39 Å². The molecule has 0 atom stereocenters. The van der Waals surface area contributed by atoms with Gasteiger partial charge in [-0.2, -0.15) is 5.10 Å². The van der Waals surface area contributed by atoms with Crippen LogP contribution in [0, 0.1) is 12.7 Å². The zero-order chi connectivity index (χ0) is 16.1. The second-order valence-electron chi connectivity index (χ2n) is 5.85. The fourth-order valence-electron chi connectivity index (χ4n) is 2.70. The minimum Gasteiger partial charge on any atom is -0.299 e. The van der Waals surface area contributed by atoms with Crippen molar-refractivity contribution in [2.24, 2.45) is 5.10 Å². The first kappa shape index (κ1) is 16.1. The number of aromatic nitrogens is 1. The van der Waals surface area contributed by atoms with Crippen molar-refractivity contribution in [3.8, 4) is 0 Å². The standard InChI is InChI=1S/C17H21FN4S/c1-13-12-23-17(20-13)21-19-10-14-5-6-15(16(18)9-14)11-22-7-3-2-4-8-22/h5-6,9-10,12H,2-4,7-8,11H2,1H3,(H,20,21). The molecular weight excluding hydrogens is 311 g/mol. The van der Waals surface area contributed by atoms with Crippen LogP contribution in [-0.2, 0) is 6.54 Å². The van der Waals surface area contributed by atoms with Crippen molar-refractivity contribution in [2.75, 3.05) is 18.5 Å². The van der Waals surface area contributed by atoms with Gasteiger partial charge >= 0.3 is 0 Å². The number of hydrogen-bond acceptors (Lipinski definition) is 5. The van der Waals surface area contributed by atoms with Crippen LogP contribution in [0.1, 0.15) is 36.1 Å². The summed E-state index contributed by atoms with van der Waals surface area (Å²) in [5, 5.41) is 6.80.